The summed E-state index contributed by atoms with van der Waals surface area (Å²) >= 11 is 0. The van der Waals surface area contributed by atoms with Gasteiger partial charge in [0.1, 0.15) is 0 Å². The lowest BCUT2D eigenvalue weighted by molar-refractivity contribution is 1.08. The number of hydrogen-bond donors (Lipinski definition) is 0. The molecule has 0 unspecified atom stereocenters. The van der Waals surface area contributed by atoms with Crippen molar-refractivity contribution in [2.45, 2.75) is 12.8 Å². The normalized spacial score (nSPS) is 17.4. The molecule has 2 rings (SSSR count). The summed E-state index contributed by atoms with van der Waals surface area (Å²) in [5.74, 6) is 0. The van der Waals surface area contributed by atoms with E-state index in [9.17, 15) is 0 Å². The lowest BCUT2D eigenvalue weighted by Crippen LogP contribution is -1.77. The predicted octanol–water partition coefficient (Wildman–Crippen LogP) is 2.54. The number of rotatable bonds is 0. The van der Waals surface area contributed by atoms with Crippen LogP contribution in [0.4, 0.5) is 0 Å². The van der Waals surface area contributed by atoms with Gasteiger partial charge in [-0.3, -0.25) is 0 Å². The van der Waals surface area contributed by atoms with E-state index in [0.717, 1.165) is 12.8 Å². The van der Waals surface area contributed by atoms with Crippen LogP contribution in [0.2, 0.25) is 0 Å². The van der Waals surface area contributed by atoms with Crippen LogP contribution in [-0.4, -0.2) is 0 Å². The molecule has 0 atom stereocenters. The third-order valence-electron chi connectivity index (χ3n) is 2.27. The van der Waals surface area contributed by atoms with E-state index in [1.807, 2.05) is 12.1 Å². The van der Waals surface area contributed by atoms with E-state index in [2.05, 4.69) is 18.2 Å². The molecule has 0 fully saturated rings. The second kappa shape index (κ2) is 2.83. The maximum Gasteiger partial charge on any atom is 0.0915 e. The fraction of sp³-hybridized carbons (Fsp3) is 0.182. The van der Waals surface area contributed by atoms with Gasteiger partial charge in [-0.25, -0.2) is 0 Å². The Morgan fingerprint density at radius 1 is 1.25 bits per heavy atom. The first-order chi connectivity index (χ1) is 5.92. The van der Waals surface area contributed by atoms with Crippen LogP contribution in [-0.2, 0) is 6.42 Å². The highest BCUT2D eigenvalue weighted by molar-refractivity contribution is 5.73. The summed E-state index contributed by atoms with van der Waals surface area (Å²) in [6.07, 6.45) is 3.77. The van der Waals surface area contributed by atoms with Gasteiger partial charge in [0.15, 0.2) is 0 Å². The molecule has 0 spiro atoms. The average molecular weight is 155 g/mol. The maximum atomic E-state index is 8.53. The molecule has 0 heterocycles. The average Bonchev–Trinajstić information content (AvgIpc) is 2.50. The fourth-order valence-corrected chi connectivity index (χ4v) is 1.68. The highest BCUT2D eigenvalue weighted by Crippen LogP contribution is 2.31. The third kappa shape index (κ3) is 1.02. The molecule has 0 aromatic heterocycles. The van der Waals surface area contributed by atoms with Crippen LogP contribution in [0.3, 0.4) is 0 Å². The lowest BCUT2D eigenvalue weighted by Gasteiger charge is -1.96. The van der Waals surface area contributed by atoms with Gasteiger partial charge in [-0.15, -0.1) is 0 Å². The Labute approximate surface area is 72.0 Å². The quantitative estimate of drug-likeness (QED) is 0.528. The van der Waals surface area contributed by atoms with Crippen molar-refractivity contribution in [3.8, 4) is 6.07 Å². The molecule has 0 N–H and O–H groups in total. The van der Waals surface area contributed by atoms with E-state index in [-0.39, 0.29) is 0 Å². The summed E-state index contributed by atoms with van der Waals surface area (Å²) in [4.78, 5) is 0. The van der Waals surface area contributed by atoms with Crippen LogP contribution in [0.5, 0.6) is 0 Å². The first kappa shape index (κ1) is 7.12. The molecule has 1 aliphatic carbocycles. The van der Waals surface area contributed by atoms with E-state index in [0.29, 0.717) is 0 Å². The summed E-state index contributed by atoms with van der Waals surface area (Å²) in [5, 5.41) is 8.53. The Bertz CT molecular complexity index is 369. The second-order valence-corrected chi connectivity index (χ2v) is 2.96. The number of allylic oxidation sites excluding steroid dienone is 2. The number of fused-ring (bicyclic) bond motifs is 1. The molecule has 1 aliphatic rings. The minimum atomic E-state index is 1.02. The molecule has 0 saturated heterocycles. The van der Waals surface area contributed by atoms with Crippen molar-refractivity contribution in [1.82, 2.24) is 0 Å². The lowest BCUT2D eigenvalue weighted by atomic mass is 10.1. The SMILES string of the molecule is N#C/C=C1/CCc2ccccc21. The van der Waals surface area contributed by atoms with Gasteiger partial charge in [0.05, 0.1) is 6.07 Å². The van der Waals surface area contributed by atoms with E-state index >= 15 is 0 Å². The molecule has 12 heavy (non-hydrogen) atoms. The Morgan fingerprint density at radius 2 is 2.08 bits per heavy atom. The molecule has 0 aliphatic heterocycles. The van der Waals surface area contributed by atoms with Crippen LogP contribution in [0.15, 0.2) is 30.3 Å². The Kier molecular flexibility index (Phi) is 1.68. The molecule has 58 valence electrons. The Hall–Kier alpha value is -1.55. The number of benzene rings is 1. The Morgan fingerprint density at radius 3 is 2.92 bits per heavy atom. The minimum Gasteiger partial charge on any atom is -0.193 e. The molecular formula is C11H9N. The summed E-state index contributed by atoms with van der Waals surface area (Å²) in [6, 6.07) is 10.4. The van der Waals surface area contributed by atoms with Gasteiger partial charge in [0, 0.05) is 6.08 Å². The van der Waals surface area contributed by atoms with E-state index in [1.165, 1.54) is 16.7 Å². The summed E-state index contributed by atoms with van der Waals surface area (Å²) in [6.45, 7) is 0. The zero-order chi connectivity index (χ0) is 8.39. The van der Waals surface area contributed by atoms with Crippen molar-refractivity contribution in [3.63, 3.8) is 0 Å². The highest BCUT2D eigenvalue weighted by Gasteiger charge is 2.14. The molecule has 1 aromatic rings. The van der Waals surface area contributed by atoms with Gasteiger partial charge < -0.3 is 0 Å². The van der Waals surface area contributed by atoms with Gasteiger partial charge in [-0.05, 0) is 29.5 Å². The zero-order valence-electron chi connectivity index (χ0n) is 6.75. The molecule has 0 saturated carbocycles. The van der Waals surface area contributed by atoms with E-state index in [1.54, 1.807) is 6.08 Å². The van der Waals surface area contributed by atoms with Gasteiger partial charge in [-0.1, -0.05) is 24.3 Å². The largest absolute Gasteiger partial charge is 0.193 e. The van der Waals surface area contributed by atoms with Gasteiger partial charge in [0.25, 0.3) is 0 Å². The van der Waals surface area contributed by atoms with Crippen molar-refractivity contribution in [1.29, 1.82) is 5.26 Å². The molecule has 1 aromatic carbocycles. The van der Waals surface area contributed by atoms with Crippen molar-refractivity contribution in [2.75, 3.05) is 0 Å². The monoisotopic (exact) mass is 155 g/mol. The highest BCUT2D eigenvalue weighted by atomic mass is 14.2. The fourth-order valence-electron chi connectivity index (χ4n) is 1.68. The van der Waals surface area contributed by atoms with Crippen LogP contribution < -0.4 is 0 Å². The first-order valence-electron chi connectivity index (χ1n) is 4.09. The van der Waals surface area contributed by atoms with Gasteiger partial charge in [-0.2, -0.15) is 5.26 Å². The third-order valence-corrected chi connectivity index (χ3v) is 2.27. The van der Waals surface area contributed by atoms with Gasteiger partial charge >= 0.3 is 0 Å². The number of hydrogen-bond acceptors (Lipinski definition) is 1. The smallest absolute Gasteiger partial charge is 0.0915 e. The van der Waals surface area contributed by atoms with Crippen LogP contribution in [0.1, 0.15) is 17.5 Å². The topological polar surface area (TPSA) is 23.8 Å². The summed E-state index contributed by atoms with van der Waals surface area (Å²) in [7, 11) is 0. The zero-order valence-corrected chi connectivity index (χ0v) is 6.75. The standard InChI is InChI=1S/C11H9N/c12-8-7-10-6-5-9-3-1-2-4-11(9)10/h1-4,7H,5-6H2/b10-7-. The van der Waals surface area contributed by atoms with E-state index in [4.69, 9.17) is 5.26 Å². The Balaban J connectivity index is 2.51. The number of nitriles is 1. The summed E-state index contributed by atoms with van der Waals surface area (Å²) in [5.41, 5.74) is 3.83. The predicted molar refractivity (Wildman–Crippen MR) is 48.4 cm³/mol. The molecule has 0 bridgehead atoms. The second-order valence-electron chi connectivity index (χ2n) is 2.96. The van der Waals surface area contributed by atoms with Crippen molar-refractivity contribution in [3.05, 3.63) is 41.5 Å². The first-order valence-corrected chi connectivity index (χ1v) is 4.09. The van der Waals surface area contributed by atoms with Crippen LogP contribution >= 0.6 is 0 Å². The molecule has 0 radical (unpaired) electrons. The summed E-state index contributed by atoms with van der Waals surface area (Å²) < 4.78 is 0. The van der Waals surface area contributed by atoms with Crippen molar-refractivity contribution in [2.24, 2.45) is 0 Å². The number of aryl methyl sites for hydroxylation is 1. The van der Waals surface area contributed by atoms with E-state index < -0.39 is 0 Å². The van der Waals surface area contributed by atoms with Crippen molar-refractivity contribution < 1.29 is 0 Å². The maximum absolute atomic E-state index is 8.53. The van der Waals surface area contributed by atoms with Crippen LogP contribution in [0.25, 0.3) is 5.57 Å². The minimum absolute atomic E-state index is 1.02. The molecule has 1 nitrogen and oxygen atoms in total. The van der Waals surface area contributed by atoms with Crippen molar-refractivity contribution >= 4 is 5.57 Å². The van der Waals surface area contributed by atoms with Crippen LogP contribution in [0, 0.1) is 11.3 Å². The molecule has 0 amide bonds. The molecule has 1 heteroatoms. The van der Waals surface area contributed by atoms with Gasteiger partial charge in [0.2, 0.25) is 0 Å². The molecular weight excluding hydrogens is 146 g/mol. The number of nitrogens with zero attached hydrogens (tertiary/aromatic N) is 1.